The first-order valence-corrected chi connectivity index (χ1v) is 10.3. The van der Waals surface area contributed by atoms with Crippen molar-refractivity contribution in [2.75, 3.05) is 13.2 Å². The topological polar surface area (TPSA) is 105 Å². The van der Waals surface area contributed by atoms with Crippen molar-refractivity contribution < 1.29 is 24.2 Å². The summed E-state index contributed by atoms with van der Waals surface area (Å²) < 4.78 is 5.44. The van der Waals surface area contributed by atoms with E-state index in [4.69, 9.17) is 9.84 Å². The van der Waals surface area contributed by atoms with E-state index in [1.165, 1.54) is 0 Å². The Kier molecular flexibility index (Phi) is 6.63. The van der Waals surface area contributed by atoms with E-state index >= 15 is 0 Å². The first-order chi connectivity index (χ1) is 14.7. The monoisotopic (exact) mass is 424 g/mol. The maximum Gasteiger partial charge on any atom is 0.407 e. The van der Waals surface area contributed by atoms with Gasteiger partial charge in [-0.3, -0.25) is 9.59 Å². The predicted molar refractivity (Wildman–Crippen MR) is 117 cm³/mol. The molecule has 2 amide bonds. The van der Waals surface area contributed by atoms with Gasteiger partial charge in [0.1, 0.15) is 12.6 Å². The van der Waals surface area contributed by atoms with E-state index in [-0.39, 0.29) is 25.5 Å². The van der Waals surface area contributed by atoms with Crippen molar-refractivity contribution >= 4 is 18.0 Å². The minimum Gasteiger partial charge on any atom is -0.481 e. The number of fused-ring (bicyclic) bond motifs is 3. The molecule has 0 unspecified atom stereocenters. The maximum absolute atomic E-state index is 12.3. The molecule has 0 saturated carbocycles. The standard InChI is InChI=1S/C24H28N2O5/c1-15(21(27)25-13-12-24(2,3)22(28)29)26-23(30)31-14-20-18-10-6-4-8-16(18)17-9-5-7-11-19(17)20/h4-11,15,20H,12-14H2,1-3H3,(H,25,27)(H,26,30)(H,28,29)/t15-/m0/s1. The van der Waals surface area contributed by atoms with Crippen LogP contribution in [0.2, 0.25) is 0 Å². The van der Waals surface area contributed by atoms with Crippen LogP contribution < -0.4 is 10.6 Å². The Balaban J connectivity index is 1.51. The second-order valence-corrected chi connectivity index (χ2v) is 8.42. The highest BCUT2D eigenvalue weighted by atomic mass is 16.5. The number of rotatable bonds is 8. The summed E-state index contributed by atoms with van der Waals surface area (Å²) in [6, 6.07) is 15.3. The van der Waals surface area contributed by atoms with Crippen molar-refractivity contribution in [1.29, 1.82) is 0 Å². The van der Waals surface area contributed by atoms with Crippen LogP contribution in [-0.4, -0.2) is 42.3 Å². The molecule has 2 aromatic rings. The van der Waals surface area contributed by atoms with Gasteiger partial charge in [0.15, 0.2) is 0 Å². The fraction of sp³-hybridized carbons (Fsp3) is 0.375. The van der Waals surface area contributed by atoms with Crippen LogP contribution in [0.3, 0.4) is 0 Å². The first kappa shape index (κ1) is 22.3. The number of hydrogen-bond donors (Lipinski definition) is 3. The third-order valence-electron chi connectivity index (χ3n) is 5.70. The van der Waals surface area contributed by atoms with Crippen LogP contribution in [0, 0.1) is 5.41 Å². The number of carbonyl (C=O) groups is 3. The molecule has 7 heteroatoms. The van der Waals surface area contributed by atoms with E-state index in [2.05, 4.69) is 22.8 Å². The van der Waals surface area contributed by atoms with Crippen LogP contribution in [0.1, 0.15) is 44.2 Å². The van der Waals surface area contributed by atoms with E-state index in [9.17, 15) is 14.4 Å². The summed E-state index contributed by atoms with van der Waals surface area (Å²) in [5.41, 5.74) is 3.58. The molecule has 0 heterocycles. The van der Waals surface area contributed by atoms with Crippen LogP contribution in [0.5, 0.6) is 0 Å². The average molecular weight is 424 g/mol. The minimum atomic E-state index is -0.934. The zero-order chi connectivity index (χ0) is 22.6. The molecule has 3 N–H and O–H groups in total. The largest absolute Gasteiger partial charge is 0.481 e. The molecule has 31 heavy (non-hydrogen) atoms. The lowest BCUT2D eigenvalue weighted by molar-refractivity contribution is -0.147. The second-order valence-electron chi connectivity index (χ2n) is 8.42. The van der Waals surface area contributed by atoms with Gasteiger partial charge in [0.25, 0.3) is 0 Å². The second kappa shape index (κ2) is 9.20. The molecule has 164 valence electrons. The predicted octanol–water partition coefficient (Wildman–Crippen LogP) is 3.53. The number of alkyl carbamates (subject to hydrolysis) is 1. The zero-order valence-electron chi connectivity index (χ0n) is 18.0. The summed E-state index contributed by atoms with van der Waals surface area (Å²) in [7, 11) is 0. The number of ether oxygens (including phenoxy) is 1. The highest BCUT2D eigenvalue weighted by molar-refractivity contribution is 5.85. The molecule has 3 rings (SSSR count). The number of amides is 2. The number of aliphatic carboxylic acids is 1. The summed E-state index contributed by atoms with van der Waals surface area (Å²) >= 11 is 0. The molecule has 0 aromatic heterocycles. The number of benzene rings is 2. The summed E-state index contributed by atoms with van der Waals surface area (Å²) in [5, 5.41) is 14.3. The molecule has 0 saturated heterocycles. The van der Waals surface area contributed by atoms with Crippen LogP contribution >= 0.6 is 0 Å². The van der Waals surface area contributed by atoms with Crippen LogP contribution in [0.4, 0.5) is 4.79 Å². The van der Waals surface area contributed by atoms with Crippen molar-refractivity contribution in [2.45, 2.75) is 39.2 Å². The molecule has 0 fully saturated rings. The van der Waals surface area contributed by atoms with E-state index in [0.29, 0.717) is 0 Å². The summed E-state index contributed by atoms with van der Waals surface area (Å²) in [6.07, 6.45) is -0.387. The molecule has 7 nitrogen and oxygen atoms in total. The molecule has 0 radical (unpaired) electrons. The fourth-order valence-corrected chi connectivity index (χ4v) is 3.64. The van der Waals surface area contributed by atoms with Crippen molar-refractivity contribution in [2.24, 2.45) is 5.41 Å². The number of carboxylic acid groups (broad SMARTS) is 1. The normalized spacial score (nSPS) is 13.6. The van der Waals surface area contributed by atoms with Gasteiger partial charge in [0, 0.05) is 12.5 Å². The lowest BCUT2D eigenvalue weighted by Crippen LogP contribution is -2.46. The van der Waals surface area contributed by atoms with Crippen molar-refractivity contribution in [3.8, 4) is 11.1 Å². The maximum atomic E-state index is 12.3. The van der Waals surface area contributed by atoms with Crippen LogP contribution in [0.15, 0.2) is 48.5 Å². The van der Waals surface area contributed by atoms with Gasteiger partial charge in [-0.2, -0.15) is 0 Å². The van der Waals surface area contributed by atoms with E-state index in [0.717, 1.165) is 22.3 Å². The molecule has 0 aliphatic heterocycles. The highest BCUT2D eigenvalue weighted by Gasteiger charge is 2.30. The van der Waals surface area contributed by atoms with Gasteiger partial charge in [-0.15, -0.1) is 0 Å². The van der Waals surface area contributed by atoms with E-state index < -0.39 is 29.4 Å². The van der Waals surface area contributed by atoms with E-state index in [1.54, 1.807) is 20.8 Å². The number of hydrogen-bond acceptors (Lipinski definition) is 4. The Morgan fingerprint density at radius 3 is 2.13 bits per heavy atom. The summed E-state index contributed by atoms with van der Waals surface area (Å²) in [5.74, 6) is -1.37. The van der Waals surface area contributed by atoms with Crippen molar-refractivity contribution in [3.05, 3.63) is 59.7 Å². The van der Waals surface area contributed by atoms with Crippen molar-refractivity contribution in [1.82, 2.24) is 10.6 Å². The fourth-order valence-electron chi connectivity index (χ4n) is 3.64. The smallest absolute Gasteiger partial charge is 0.407 e. The van der Waals surface area contributed by atoms with Crippen LogP contribution in [0.25, 0.3) is 11.1 Å². The quantitative estimate of drug-likeness (QED) is 0.601. The zero-order valence-corrected chi connectivity index (χ0v) is 18.0. The summed E-state index contributed by atoms with van der Waals surface area (Å²) in [6.45, 7) is 5.12. The molecular formula is C24H28N2O5. The first-order valence-electron chi connectivity index (χ1n) is 10.3. The Hall–Kier alpha value is -3.35. The Labute approximate surface area is 181 Å². The molecule has 1 aliphatic carbocycles. The number of carbonyl (C=O) groups excluding carboxylic acids is 2. The summed E-state index contributed by atoms with van der Waals surface area (Å²) in [4.78, 5) is 35.6. The highest BCUT2D eigenvalue weighted by Crippen LogP contribution is 2.44. The Bertz CT molecular complexity index is 940. The molecule has 1 atom stereocenters. The minimum absolute atomic E-state index is 0.0551. The lowest BCUT2D eigenvalue weighted by atomic mass is 9.90. The number of nitrogens with one attached hydrogen (secondary N) is 2. The number of carboxylic acids is 1. The third-order valence-corrected chi connectivity index (χ3v) is 5.70. The average Bonchev–Trinajstić information content (AvgIpc) is 3.05. The Morgan fingerprint density at radius 1 is 1.03 bits per heavy atom. The van der Waals surface area contributed by atoms with Crippen molar-refractivity contribution in [3.63, 3.8) is 0 Å². The molecule has 1 aliphatic rings. The molecule has 0 bridgehead atoms. The van der Waals surface area contributed by atoms with Gasteiger partial charge in [0.05, 0.1) is 5.41 Å². The third kappa shape index (κ3) is 5.05. The van der Waals surface area contributed by atoms with Gasteiger partial charge >= 0.3 is 12.1 Å². The van der Waals surface area contributed by atoms with Gasteiger partial charge < -0.3 is 20.5 Å². The van der Waals surface area contributed by atoms with E-state index in [1.807, 2.05) is 36.4 Å². The molecule has 0 spiro atoms. The molecular weight excluding hydrogens is 396 g/mol. The van der Waals surface area contributed by atoms with Gasteiger partial charge in [0.2, 0.25) is 5.91 Å². The SMILES string of the molecule is C[C@H](NC(=O)OCC1c2ccccc2-c2ccccc21)C(=O)NCCC(C)(C)C(=O)O. The molecule has 2 aromatic carbocycles. The lowest BCUT2D eigenvalue weighted by Gasteiger charge is -2.20. The van der Waals surface area contributed by atoms with Gasteiger partial charge in [-0.25, -0.2) is 4.79 Å². The van der Waals surface area contributed by atoms with Gasteiger partial charge in [-0.1, -0.05) is 48.5 Å². The van der Waals surface area contributed by atoms with Crippen LogP contribution in [-0.2, 0) is 14.3 Å². The van der Waals surface area contributed by atoms with Gasteiger partial charge in [-0.05, 0) is 49.4 Å². The Morgan fingerprint density at radius 2 is 1.58 bits per heavy atom.